The second kappa shape index (κ2) is 9.73. The first-order chi connectivity index (χ1) is 16.0. The van der Waals surface area contributed by atoms with Gasteiger partial charge in [-0.2, -0.15) is 0 Å². The highest BCUT2D eigenvalue weighted by Crippen LogP contribution is 2.28. The topological polar surface area (TPSA) is 105 Å². The number of nitrogens with two attached hydrogens (primary N) is 1. The minimum absolute atomic E-state index is 0.0115. The van der Waals surface area contributed by atoms with E-state index >= 15 is 0 Å². The van der Waals surface area contributed by atoms with E-state index in [0.717, 1.165) is 29.3 Å². The molecular weight excluding hydrogens is 426 g/mol. The highest BCUT2D eigenvalue weighted by molar-refractivity contribution is 5.89. The molecule has 0 aliphatic carbocycles. The Labute approximate surface area is 188 Å². The third-order valence-corrected chi connectivity index (χ3v) is 4.90. The average molecular weight is 446 g/mol. The van der Waals surface area contributed by atoms with E-state index < -0.39 is 17.6 Å². The van der Waals surface area contributed by atoms with Crippen molar-refractivity contribution in [2.45, 2.75) is 5.92 Å². The van der Waals surface area contributed by atoms with E-state index in [-0.39, 0.29) is 28.9 Å². The molecule has 0 saturated carbocycles. The highest BCUT2D eigenvalue weighted by Gasteiger charge is 2.23. The molecule has 0 spiro atoms. The van der Waals surface area contributed by atoms with E-state index in [1.807, 2.05) is 60.7 Å². The zero-order valence-corrected chi connectivity index (χ0v) is 17.3. The van der Waals surface area contributed by atoms with E-state index in [0.29, 0.717) is 0 Å². The number of aromatic nitrogens is 2. The summed E-state index contributed by atoms with van der Waals surface area (Å²) in [6.07, 6.45) is 1.18. The minimum Gasteiger partial charge on any atom is -0.393 e. The lowest BCUT2D eigenvalue weighted by Crippen LogP contribution is -2.35. The van der Waals surface area contributed by atoms with Crippen LogP contribution in [0.5, 0.6) is 0 Å². The molecule has 0 atom stereocenters. The van der Waals surface area contributed by atoms with E-state index in [2.05, 4.69) is 26.1 Å². The van der Waals surface area contributed by atoms with Crippen LogP contribution < -0.4 is 21.9 Å². The van der Waals surface area contributed by atoms with Crippen LogP contribution in [0.3, 0.4) is 0 Å². The summed E-state index contributed by atoms with van der Waals surface area (Å²) >= 11 is 0. The van der Waals surface area contributed by atoms with Crippen LogP contribution in [0, 0.1) is 11.6 Å². The van der Waals surface area contributed by atoms with E-state index in [1.165, 1.54) is 6.33 Å². The average Bonchev–Trinajstić information content (AvgIpc) is 2.83. The van der Waals surface area contributed by atoms with Gasteiger partial charge in [-0.3, -0.25) is 15.6 Å². The van der Waals surface area contributed by atoms with E-state index in [9.17, 15) is 13.6 Å². The number of hydrogen-bond donors (Lipinski definition) is 4. The van der Waals surface area contributed by atoms with Gasteiger partial charge in [0, 0.05) is 6.07 Å². The molecule has 0 aliphatic rings. The smallest absolute Gasteiger partial charge is 0.250 e. The zero-order chi connectivity index (χ0) is 23.2. The molecule has 9 heteroatoms. The van der Waals surface area contributed by atoms with Gasteiger partial charge in [0.1, 0.15) is 23.6 Å². The van der Waals surface area contributed by atoms with Crippen molar-refractivity contribution in [2.75, 3.05) is 16.5 Å². The first-order valence-electron chi connectivity index (χ1n) is 10.0. The van der Waals surface area contributed by atoms with Crippen molar-refractivity contribution in [1.29, 1.82) is 0 Å². The van der Waals surface area contributed by atoms with E-state index in [4.69, 9.17) is 5.73 Å². The molecule has 1 heterocycles. The summed E-state index contributed by atoms with van der Waals surface area (Å²) in [7, 11) is 0. The fraction of sp³-hybridized carbons (Fsp3) is 0.0417. The van der Waals surface area contributed by atoms with Gasteiger partial charge in [0.2, 0.25) is 5.91 Å². The van der Waals surface area contributed by atoms with Gasteiger partial charge >= 0.3 is 0 Å². The summed E-state index contributed by atoms with van der Waals surface area (Å²) in [5, 5.41) is 2.64. The fourth-order valence-electron chi connectivity index (χ4n) is 3.29. The summed E-state index contributed by atoms with van der Waals surface area (Å²) in [5.41, 5.74) is 12.9. The predicted octanol–water partition coefficient (Wildman–Crippen LogP) is 4.36. The van der Waals surface area contributed by atoms with Crippen LogP contribution in [0.2, 0.25) is 0 Å². The minimum atomic E-state index is -0.675. The number of carbonyl (C=O) groups is 1. The molecule has 0 aliphatic heterocycles. The van der Waals surface area contributed by atoms with Crippen LogP contribution in [-0.2, 0) is 4.79 Å². The molecule has 0 fully saturated rings. The van der Waals surface area contributed by atoms with Crippen molar-refractivity contribution in [3.63, 3.8) is 0 Å². The molecule has 5 N–H and O–H groups in total. The Morgan fingerprint density at radius 1 is 0.848 bits per heavy atom. The number of rotatable bonds is 7. The number of benzene rings is 3. The number of amides is 1. The maximum Gasteiger partial charge on any atom is 0.250 e. The van der Waals surface area contributed by atoms with Crippen LogP contribution in [0.4, 0.5) is 31.8 Å². The number of hydrazine groups is 1. The summed E-state index contributed by atoms with van der Waals surface area (Å²) < 4.78 is 27.4. The fourth-order valence-corrected chi connectivity index (χ4v) is 3.29. The van der Waals surface area contributed by atoms with Gasteiger partial charge in [0.15, 0.2) is 11.6 Å². The van der Waals surface area contributed by atoms with Crippen molar-refractivity contribution in [2.24, 2.45) is 0 Å². The molecule has 4 rings (SSSR count). The van der Waals surface area contributed by atoms with Crippen LogP contribution in [0.1, 0.15) is 17.0 Å². The monoisotopic (exact) mass is 446 g/mol. The number of nitrogens with zero attached hydrogens (tertiary/aromatic N) is 2. The molecule has 166 valence electrons. The van der Waals surface area contributed by atoms with E-state index in [1.54, 1.807) is 0 Å². The van der Waals surface area contributed by atoms with Gasteiger partial charge in [-0.05, 0) is 23.3 Å². The van der Waals surface area contributed by atoms with Crippen molar-refractivity contribution in [3.8, 4) is 0 Å². The van der Waals surface area contributed by atoms with Gasteiger partial charge in [0.05, 0.1) is 11.6 Å². The maximum absolute atomic E-state index is 14.0. The molecule has 33 heavy (non-hydrogen) atoms. The summed E-state index contributed by atoms with van der Waals surface area (Å²) in [6, 6.07) is 21.6. The Hall–Kier alpha value is -4.53. The van der Waals surface area contributed by atoms with Crippen LogP contribution in [-0.4, -0.2) is 15.9 Å². The Kier molecular flexibility index (Phi) is 6.40. The quantitative estimate of drug-likeness (QED) is 0.315. The molecule has 4 aromatic rings. The largest absolute Gasteiger partial charge is 0.393 e. The predicted molar refractivity (Wildman–Crippen MR) is 123 cm³/mol. The summed E-state index contributed by atoms with van der Waals surface area (Å²) in [5.74, 6) is -2.07. The molecule has 0 saturated heterocycles. The Bertz CT molecular complexity index is 1220. The lowest BCUT2D eigenvalue weighted by Gasteiger charge is -2.19. The maximum atomic E-state index is 14.0. The number of hydrogen-bond acceptors (Lipinski definition) is 6. The van der Waals surface area contributed by atoms with Crippen molar-refractivity contribution in [3.05, 3.63) is 108 Å². The van der Waals surface area contributed by atoms with Gasteiger partial charge in [0.25, 0.3) is 0 Å². The zero-order valence-electron chi connectivity index (χ0n) is 17.3. The van der Waals surface area contributed by atoms with Crippen LogP contribution in [0.15, 0.2) is 85.2 Å². The normalized spacial score (nSPS) is 10.6. The molecule has 0 radical (unpaired) electrons. The third kappa shape index (κ3) is 5.04. The molecular formula is C24H20F2N6O. The molecule has 0 bridgehead atoms. The summed E-state index contributed by atoms with van der Waals surface area (Å²) in [6.45, 7) is 0. The lowest BCUT2D eigenvalue weighted by molar-refractivity contribution is -0.121. The first kappa shape index (κ1) is 21.7. The SMILES string of the molecule is Nc1c(NNC(=O)C(c2ccccc2)c2ccccc2)ncnc1Nc1cc(F)ccc1F. The second-order valence-electron chi connectivity index (χ2n) is 7.10. The Balaban J connectivity index is 1.54. The molecule has 1 aromatic heterocycles. The lowest BCUT2D eigenvalue weighted by atomic mass is 9.91. The molecule has 7 nitrogen and oxygen atoms in total. The highest BCUT2D eigenvalue weighted by atomic mass is 19.1. The van der Waals surface area contributed by atoms with Crippen molar-refractivity contribution in [1.82, 2.24) is 15.4 Å². The van der Waals surface area contributed by atoms with Crippen LogP contribution >= 0.6 is 0 Å². The third-order valence-electron chi connectivity index (χ3n) is 4.90. The van der Waals surface area contributed by atoms with Gasteiger partial charge in [-0.25, -0.2) is 18.7 Å². The molecule has 3 aromatic carbocycles. The number of carbonyl (C=O) groups excluding carboxylic acids is 1. The Morgan fingerprint density at radius 3 is 2.09 bits per heavy atom. The standard InChI is InChI=1S/C24H20F2N6O/c25-17-11-12-18(26)19(13-17)30-22-21(27)23(29-14-28-22)31-32-24(33)20(15-7-3-1-4-8-15)16-9-5-2-6-10-16/h1-14,20H,27H2,(H,32,33)(H2,28,29,30,31). The molecule has 0 unspecified atom stereocenters. The second-order valence-corrected chi connectivity index (χ2v) is 7.10. The van der Waals surface area contributed by atoms with Gasteiger partial charge in [-0.1, -0.05) is 60.7 Å². The van der Waals surface area contributed by atoms with Gasteiger partial charge < -0.3 is 11.1 Å². The van der Waals surface area contributed by atoms with Crippen molar-refractivity contribution < 1.29 is 13.6 Å². The Morgan fingerprint density at radius 2 is 1.45 bits per heavy atom. The van der Waals surface area contributed by atoms with Crippen LogP contribution in [0.25, 0.3) is 0 Å². The van der Waals surface area contributed by atoms with Crippen molar-refractivity contribution >= 4 is 28.9 Å². The van der Waals surface area contributed by atoms with Gasteiger partial charge in [-0.15, -0.1) is 0 Å². The first-order valence-corrected chi connectivity index (χ1v) is 10.0. The number of nitrogens with one attached hydrogen (secondary N) is 3. The number of nitrogen functional groups attached to an aromatic ring is 1. The summed E-state index contributed by atoms with van der Waals surface area (Å²) in [4.78, 5) is 21.1. The molecule has 1 amide bonds. The number of anilines is 4. The number of halogens is 2.